The molecule has 1 atom stereocenters. The monoisotopic (exact) mass is 374 g/mol. The lowest BCUT2D eigenvalue weighted by Crippen LogP contribution is -2.36. The molecule has 0 aliphatic rings. The Labute approximate surface area is 147 Å². The predicted octanol–water partition coefficient (Wildman–Crippen LogP) is 4.23. The van der Waals surface area contributed by atoms with Crippen molar-refractivity contribution in [2.45, 2.75) is 16.7 Å². The minimum Gasteiger partial charge on any atom is -0.468 e. The minimum absolute atomic E-state index is 0.263. The van der Waals surface area contributed by atoms with E-state index in [2.05, 4.69) is 16.1 Å². The molecule has 1 rings (SSSR count). The third-order valence-electron chi connectivity index (χ3n) is 3.15. The van der Waals surface area contributed by atoms with Gasteiger partial charge in [-0.3, -0.25) is 4.79 Å². The molecule has 0 saturated carbocycles. The van der Waals surface area contributed by atoms with Crippen LogP contribution in [0.15, 0.2) is 43.0 Å². The van der Waals surface area contributed by atoms with Crippen LogP contribution >= 0.6 is 11.8 Å². The number of rotatable bonds is 7. The number of ether oxygens (including phenoxy) is 2. The number of thioether (sulfide) groups is 1. The quantitative estimate of drug-likeness (QED) is 0.528. The van der Waals surface area contributed by atoms with Crippen LogP contribution in [0.1, 0.15) is 22.3 Å². The Balaban J connectivity index is 3.18. The molecule has 0 bridgehead atoms. The smallest absolute Gasteiger partial charge is 0.443 e. The number of carbonyl (C=O) groups excluding carboxylic acids is 2. The summed E-state index contributed by atoms with van der Waals surface area (Å²) in [7, 11) is 2.26. The van der Waals surface area contributed by atoms with E-state index in [1.165, 1.54) is 43.5 Å². The molecule has 1 aromatic rings. The highest BCUT2D eigenvalue weighted by Crippen LogP contribution is 2.44. The number of esters is 2. The molecule has 0 heterocycles. The van der Waals surface area contributed by atoms with Gasteiger partial charge in [0.05, 0.1) is 19.8 Å². The van der Waals surface area contributed by atoms with Crippen molar-refractivity contribution in [1.82, 2.24) is 0 Å². The lowest BCUT2D eigenvalue weighted by Gasteiger charge is -2.26. The zero-order chi connectivity index (χ0) is 19.1. The number of benzene rings is 1. The highest BCUT2D eigenvalue weighted by atomic mass is 32.2. The van der Waals surface area contributed by atoms with Crippen molar-refractivity contribution in [2.75, 3.05) is 14.2 Å². The summed E-state index contributed by atoms with van der Waals surface area (Å²) in [5.74, 6) is -1.56. The predicted molar refractivity (Wildman–Crippen MR) is 90.0 cm³/mol. The first kappa shape index (κ1) is 20.8. The van der Waals surface area contributed by atoms with Crippen LogP contribution < -0.4 is 0 Å². The van der Waals surface area contributed by atoms with Gasteiger partial charge in [0.1, 0.15) is 4.75 Å². The van der Waals surface area contributed by atoms with Crippen LogP contribution in [0.2, 0.25) is 0 Å². The maximum absolute atomic E-state index is 12.9. The van der Waals surface area contributed by atoms with Crippen molar-refractivity contribution in [2.24, 2.45) is 0 Å². The summed E-state index contributed by atoms with van der Waals surface area (Å²) in [4.78, 5) is 23.4. The van der Waals surface area contributed by atoms with Crippen molar-refractivity contribution in [3.05, 3.63) is 54.1 Å². The van der Waals surface area contributed by atoms with E-state index in [0.29, 0.717) is 11.1 Å². The number of halogens is 3. The highest BCUT2D eigenvalue weighted by Gasteiger charge is 2.47. The average molecular weight is 374 g/mol. The second-order valence-electron chi connectivity index (χ2n) is 4.87. The van der Waals surface area contributed by atoms with Crippen LogP contribution in [0.3, 0.4) is 0 Å². The van der Waals surface area contributed by atoms with Gasteiger partial charge in [0, 0.05) is 0 Å². The standard InChI is InChI=1S/C17H17F3O4S/c1-4-10-16(15(22)24-3,25-17(18,19)20)11-9-12-5-7-13(8-6-12)14(21)23-2/h4-9,11H,1,10H2,2-3H3/b11-9+. The van der Waals surface area contributed by atoms with Crippen LogP contribution in [-0.2, 0) is 14.3 Å². The zero-order valence-electron chi connectivity index (χ0n) is 13.6. The third kappa shape index (κ3) is 5.97. The number of allylic oxidation sites excluding steroid dienone is 1. The maximum atomic E-state index is 12.9. The molecule has 1 unspecified atom stereocenters. The lowest BCUT2D eigenvalue weighted by atomic mass is 10.0. The molecule has 0 radical (unpaired) electrons. The van der Waals surface area contributed by atoms with Gasteiger partial charge in [0.25, 0.3) is 0 Å². The number of hydrogen-bond acceptors (Lipinski definition) is 5. The van der Waals surface area contributed by atoms with Crippen LogP contribution in [0.25, 0.3) is 6.08 Å². The molecule has 0 saturated heterocycles. The van der Waals surface area contributed by atoms with Gasteiger partial charge < -0.3 is 9.47 Å². The van der Waals surface area contributed by atoms with Crippen molar-refractivity contribution >= 4 is 29.8 Å². The first-order valence-electron chi connectivity index (χ1n) is 7.01. The van der Waals surface area contributed by atoms with Gasteiger partial charge >= 0.3 is 17.4 Å². The Kier molecular flexibility index (Phi) is 7.29. The molecule has 0 N–H and O–H groups in total. The SMILES string of the molecule is C=CCC(/C=C/c1ccc(C(=O)OC)cc1)(SC(F)(F)F)C(=O)OC. The van der Waals surface area contributed by atoms with Crippen molar-refractivity contribution in [3.63, 3.8) is 0 Å². The van der Waals surface area contributed by atoms with Gasteiger partial charge in [-0.2, -0.15) is 13.2 Å². The second kappa shape index (κ2) is 8.75. The molecule has 0 amide bonds. The molecule has 25 heavy (non-hydrogen) atoms. The molecular weight excluding hydrogens is 357 g/mol. The maximum Gasteiger partial charge on any atom is 0.443 e. The summed E-state index contributed by atoms with van der Waals surface area (Å²) in [6, 6.07) is 5.99. The van der Waals surface area contributed by atoms with E-state index in [1.807, 2.05) is 0 Å². The first-order valence-corrected chi connectivity index (χ1v) is 7.83. The number of alkyl halides is 3. The highest BCUT2D eigenvalue weighted by molar-refractivity contribution is 8.02. The van der Waals surface area contributed by atoms with E-state index in [1.54, 1.807) is 0 Å². The fourth-order valence-electron chi connectivity index (χ4n) is 2.01. The van der Waals surface area contributed by atoms with Crippen LogP contribution in [0.5, 0.6) is 0 Å². The Bertz CT molecular complexity index is 653. The molecule has 136 valence electrons. The van der Waals surface area contributed by atoms with E-state index < -0.39 is 34.0 Å². The van der Waals surface area contributed by atoms with Crippen molar-refractivity contribution < 1.29 is 32.2 Å². The molecule has 0 aliphatic heterocycles. The van der Waals surface area contributed by atoms with E-state index in [-0.39, 0.29) is 6.42 Å². The average Bonchev–Trinajstić information content (AvgIpc) is 2.57. The minimum atomic E-state index is -4.64. The Morgan fingerprint density at radius 1 is 1.16 bits per heavy atom. The van der Waals surface area contributed by atoms with E-state index in [4.69, 9.17) is 0 Å². The van der Waals surface area contributed by atoms with Crippen LogP contribution in [0, 0.1) is 0 Å². The van der Waals surface area contributed by atoms with Gasteiger partial charge in [-0.25, -0.2) is 4.79 Å². The molecule has 4 nitrogen and oxygen atoms in total. The fraction of sp³-hybridized carbons (Fsp3) is 0.294. The van der Waals surface area contributed by atoms with Crippen molar-refractivity contribution in [1.29, 1.82) is 0 Å². The topological polar surface area (TPSA) is 52.6 Å². The van der Waals surface area contributed by atoms with Crippen LogP contribution in [0.4, 0.5) is 13.2 Å². The molecule has 0 aliphatic carbocycles. The fourth-order valence-corrected chi connectivity index (χ4v) is 2.93. The summed E-state index contributed by atoms with van der Waals surface area (Å²) in [5.41, 5.74) is -3.83. The lowest BCUT2D eigenvalue weighted by molar-refractivity contribution is -0.142. The van der Waals surface area contributed by atoms with Crippen LogP contribution in [-0.4, -0.2) is 36.4 Å². The molecule has 8 heteroatoms. The van der Waals surface area contributed by atoms with Gasteiger partial charge in [0.2, 0.25) is 0 Å². The van der Waals surface area contributed by atoms with Gasteiger partial charge in [0.15, 0.2) is 0 Å². The Hall–Kier alpha value is -2.22. The largest absolute Gasteiger partial charge is 0.468 e. The van der Waals surface area contributed by atoms with E-state index >= 15 is 0 Å². The summed E-state index contributed by atoms with van der Waals surface area (Å²) in [6.07, 6.45) is 3.45. The summed E-state index contributed by atoms with van der Waals surface area (Å²) in [6.45, 7) is 3.41. The second-order valence-corrected chi connectivity index (χ2v) is 6.26. The number of methoxy groups -OCH3 is 2. The first-order chi connectivity index (χ1) is 11.7. The summed E-state index contributed by atoms with van der Waals surface area (Å²) >= 11 is -0.469. The van der Waals surface area contributed by atoms with Gasteiger partial charge in [-0.15, -0.1) is 6.58 Å². The molecule has 0 aromatic heterocycles. The van der Waals surface area contributed by atoms with Gasteiger partial charge in [-0.1, -0.05) is 30.4 Å². The Morgan fingerprint density at radius 2 is 1.76 bits per heavy atom. The normalized spacial score (nSPS) is 14.0. The number of carbonyl (C=O) groups is 2. The van der Waals surface area contributed by atoms with E-state index in [0.717, 1.165) is 13.2 Å². The summed E-state index contributed by atoms with van der Waals surface area (Å²) in [5, 5.41) is 0. The molecule has 0 spiro atoms. The van der Waals surface area contributed by atoms with Crippen molar-refractivity contribution in [3.8, 4) is 0 Å². The van der Waals surface area contributed by atoms with E-state index in [9.17, 15) is 22.8 Å². The molecule has 1 aromatic carbocycles. The number of hydrogen-bond donors (Lipinski definition) is 0. The molecule has 0 fully saturated rings. The third-order valence-corrected chi connectivity index (χ3v) is 4.22. The van der Waals surface area contributed by atoms with Gasteiger partial charge in [-0.05, 0) is 35.9 Å². The Morgan fingerprint density at radius 3 is 2.20 bits per heavy atom. The zero-order valence-corrected chi connectivity index (χ0v) is 14.4. The molecular formula is C17H17F3O4S. The summed E-state index contributed by atoms with van der Waals surface area (Å²) < 4.78 is 45.9.